The van der Waals surface area contributed by atoms with Crippen LogP contribution in [0.4, 0.5) is 16.5 Å². The highest BCUT2D eigenvalue weighted by atomic mass is 32.1. The lowest BCUT2D eigenvalue weighted by atomic mass is 10.1. The first-order valence-electron chi connectivity index (χ1n) is 9.94. The molecule has 0 aliphatic carbocycles. The molecule has 1 heterocycles. The Balaban J connectivity index is 2.04. The molecule has 0 bridgehead atoms. The third-order valence-corrected chi connectivity index (χ3v) is 5.86. The second-order valence-electron chi connectivity index (χ2n) is 7.54. The summed E-state index contributed by atoms with van der Waals surface area (Å²) in [4.78, 5) is 7.43. The number of aryl methyl sites for hydroxylation is 4. The van der Waals surface area contributed by atoms with Crippen molar-refractivity contribution in [3.63, 3.8) is 0 Å². The summed E-state index contributed by atoms with van der Waals surface area (Å²) < 4.78 is 1.28. The van der Waals surface area contributed by atoms with Gasteiger partial charge in [-0.15, -0.1) is 0 Å². The molecule has 0 unspecified atom stereocenters. The number of thiazole rings is 1. The summed E-state index contributed by atoms with van der Waals surface area (Å²) in [6.45, 7) is 15.3. The van der Waals surface area contributed by atoms with Crippen LogP contribution >= 0.6 is 11.3 Å². The molecule has 0 aliphatic heterocycles. The molecule has 2 aromatic carbocycles. The van der Waals surface area contributed by atoms with Crippen molar-refractivity contribution in [3.05, 3.63) is 46.5 Å². The van der Waals surface area contributed by atoms with Gasteiger partial charge in [-0.1, -0.05) is 42.9 Å². The van der Waals surface area contributed by atoms with Gasteiger partial charge in [0, 0.05) is 18.8 Å². The first-order chi connectivity index (χ1) is 12.9. The molecule has 0 saturated heterocycles. The second kappa shape index (κ2) is 8.30. The molecule has 0 aliphatic rings. The molecule has 0 fully saturated rings. The largest absolute Gasteiger partial charge is 0.370 e. The van der Waals surface area contributed by atoms with E-state index >= 15 is 0 Å². The van der Waals surface area contributed by atoms with Crippen LogP contribution in [0.5, 0.6) is 0 Å². The van der Waals surface area contributed by atoms with E-state index in [0.717, 1.165) is 36.6 Å². The quantitative estimate of drug-likeness (QED) is 0.482. The fraction of sp³-hybridized carbons (Fsp3) is 0.435. The molecule has 27 heavy (non-hydrogen) atoms. The molecule has 3 aromatic rings. The van der Waals surface area contributed by atoms with Gasteiger partial charge in [0.05, 0.1) is 15.9 Å². The second-order valence-corrected chi connectivity index (χ2v) is 8.54. The topological polar surface area (TPSA) is 28.2 Å². The molecule has 1 aromatic heterocycles. The van der Waals surface area contributed by atoms with Crippen molar-refractivity contribution in [1.82, 2.24) is 4.98 Å². The highest BCUT2D eigenvalue weighted by Gasteiger charge is 2.15. The van der Waals surface area contributed by atoms with Crippen LogP contribution in [0, 0.1) is 27.7 Å². The number of nitrogens with zero attached hydrogens (tertiary/aromatic N) is 2. The zero-order chi connectivity index (χ0) is 19.6. The third-order valence-electron chi connectivity index (χ3n) is 4.85. The van der Waals surface area contributed by atoms with Crippen LogP contribution in [0.15, 0.2) is 24.3 Å². The lowest BCUT2D eigenvalue weighted by Crippen LogP contribution is -2.24. The van der Waals surface area contributed by atoms with Gasteiger partial charge in [-0.05, 0) is 69.4 Å². The number of nitrogens with one attached hydrogen (secondary N) is 1. The summed E-state index contributed by atoms with van der Waals surface area (Å²) in [5, 5.41) is 4.57. The average Bonchev–Trinajstić information content (AvgIpc) is 2.99. The Morgan fingerprint density at radius 1 is 0.889 bits per heavy atom. The number of aromatic nitrogens is 1. The van der Waals surface area contributed by atoms with Crippen molar-refractivity contribution >= 4 is 38.1 Å². The Hall–Kier alpha value is -2.07. The van der Waals surface area contributed by atoms with Gasteiger partial charge in [0.2, 0.25) is 0 Å². The van der Waals surface area contributed by atoms with Crippen molar-refractivity contribution in [2.45, 2.75) is 54.4 Å². The minimum absolute atomic E-state index is 0.972. The monoisotopic (exact) mass is 381 g/mol. The van der Waals surface area contributed by atoms with Gasteiger partial charge >= 0.3 is 0 Å². The molecule has 0 radical (unpaired) electrons. The SMILES string of the molecule is CCCN(CCC)c1cc(C)cc2nc(Nc3c(C)cc(C)cc3C)sc12. The van der Waals surface area contributed by atoms with Crippen LogP contribution in [-0.4, -0.2) is 18.1 Å². The number of hydrogen-bond donors (Lipinski definition) is 1. The minimum Gasteiger partial charge on any atom is -0.370 e. The molecule has 0 atom stereocenters. The Morgan fingerprint density at radius 2 is 1.48 bits per heavy atom. The van der Waals surface area contributed by atoms with Crippen molar-refractivity contribution in [3.8, 4) is 0 Å². The van der Waals surface area contributed by atoms with Crippen LogP contribution in [0.2, 0.25) is 0 Å². The third kappa shape index (κ3) is 4.27. The molecular formula is C23H31N3S. The van der Waals surface area contributed by atoms with Gasteiger partial charge < -0.3 is 10.2 Å². The van der Waals surface area contributed by atoms with Crippen LogP contribution in [0.3, 0.4) is 0 Å². The Bertz CT molecular complexity index is 913. The molecule has 0 amide bonds. The van der Waals surface area contributed by atoms with Crippen LogP contribution in [-0.2, 0) is 0 Å². The number of fused-ring (bicyclic) bond motifs is 1. The lowest BCUT2D eigenvalue weighted by Gasteiger charge is -2.24. The van der Waals surface area contributed by atoms with Crippen molar-refractivity contribution in [2.75, 3.05) is 23.3 Å². The Labute approximate surface area is 167 Å². The summed E-state index contributed by atoms with van der Waals surface area (Å²) in [5.41, 5.74) is 8.70. The first kappa shape index (κ1) is 19.7. The summed E-state index contributed by atoms with van der Waals surface area (Å²) >= 11 is 1.77. The van der Waals surface area contributed by atoms with E-state index < -0.39 is 0 Å². The van der Waals surface area contributed by atoms with Gasteiger partial charge in [-0.3, -0.25) is 0 Å². The predicted molar refractivity (Wildman–Crippen MR) is 121 cm³/mol. The maximum atomic E-state index is 4.92. The molecule has 1 N–H and O–H groups in total. The van der Waals surface area contributed by atoms with E-state index in [1.54, 1.807) is 11.3 Å². The van der Waals surface area contributed by atoms with E-state index in [1.807, 2.05) is 0 Å². The Morgan fingerprint density at radius 3 is 2.07 bits per heavy atom. The fourth-order valence-corrected chi connectivity index (χ4v) is 4.81. The van der Waals surface area contributed by atoms with E-state index in [2.05, 4.69) is 76.0 Å². The maximum Gasteiger partial charge on any atom is 0.188 e. The summed E-state index contributed by atoms with van der Waals surface area (Å²) in [6, 6.07) is 8.97. The van der Waals surface area contributed by atoms with E-state index in [-0.39, 0.29) is 0 Å². The molecule has 4 heteroatoms. The van der Waals surface area contributed by atoms with E-state index in [4.69, 9.17) is 4.98 Å². The first-order valence-corrected chi connectivity index (χ1v) is 10.8. The lowest BCUT2D eigenvalue weighted by molar-refractivity contribution is 0.747. The molecule has 144 valence electrons. The van der Waals surface area contributed by atoms with E-state index in [9.17, 15) is 0 Å². The van der Waals surface area contributed by atoms with Crippen molar-refractivity contribution < 1.29 is 0 Å². The smallest absolute Gasteiger partial charge is 0.188 e. The molecule has 0 spiro atoms. The van der Waals surface area contributed by atoms with Gasteiger partial charge in [-0.25, -0.2) is 4.98 Å². The number of anilines is 3. The molecule has 3 nitrogen and oxygen atoms in total. The zero-order valence-electron chi connectivity index (χ0n) is 17.4. The maximum absolute atomic E-state index is 4.92. The van der Waals surface area contributed by atoms with Crippen molar-refractivity contribution in [2.24, 2.45) is 0 Å². The molecule has 3 rings (SSSR count). The normalized spacial score (nSPS) is 11.2. The van der Waals surface area contributed by atoms with Gasteiger partial charge in [0.25, 0.3) is 0 Å². The molecule has 0 saturated carbocycles. The summed E-state index contributed by atoms with van der Waals surface area (Å²) in [6.07, 6.45) is 2.31. The number of benzene rings is 2. The Kier molecular flexibility index (Phi) is 6.05. The predicted octanol–water partition coefficient (Wildman–Crippen LogP) is 6.90. The summed E-state index contributed by atoms with van der Waals surface area (Å²) in [5.74, 6) is 0. The number of rotatable bonds is 7. The van der Waals surface area contributed by atoms with Crippen LogP contribution < -0.4 is 10.2 Å². The zero-order valence-corrected chi connectivity index (χ0v) is 18.3. The van der Waals surface area contributed by atoms with Crippen molar-refractivity contribution in [1.29, 1.82) is 0 Å². The number of hydrogen-bond acceptors (Lipinski definition) is 4. The van der Waals surface area contributed by atoms with E-state index in [1.165, 1.54) is 38.3 Å². The highest BCUT2D eigenvalue weighted by Crippen LogP contribution is 2.37. The fourth-order valence-electron chi connectivity index (χ4n) is 3.82. The standard InChI is InChI=1S/C23H31N3S/c1-7-9-26(10-8-2)20-14-16(4)13-19-22(20)27-23(24-19)25-21-17(5)11-15(3)12-18(21)6/h11-14H,7-10H2,1-6H3,(H,24,25). The van der Waals surface area contributed by atoms with Gasteiger partial charge in [-0.2, -0.15) is 0 Å². The van der Waals surface area contributed by atoms with Crippen LogP contribution in [0.1, 0.15) is 48.9 Å². The molecular weight excluding hydrogens is 350 g/mol. The average molecular weight is 382 g/mol. The highest BCUT2D eigenvalue weighted by molar-refractivity contribution is 7.22. The van der Waals surface area contributed by atoms with Gasteiger partial charge in [0.1, 0.15) is 0 Å². The van der Waals surface area contributed by atoms with Gasteiger partial charge in [0.15, 0.2) is 5.13 Å². The summed E-state index contributed by atoms with van der Waals surface area (Å²) in [7, 11) is 0. The van der Waals surface area contributed by atoms with E-state index in [0.29, 0.717) is 0 Å². The van der Waals surface area contributed by atoms with Crippen LogP contribution in [0.25, 0.3) is 10.2 Å². The minimum atomic E-state index is 0.972.